The molecule has 2 fully saturated rings. The molecule has 2 saturated heterocycles. The molecule has 2 aliphatic heterocycles. The Bertz CT molecular complexity index is 1260. The van der Waals surface area contributed by atoms with Crippen molar-refractivity contribution in [2.45, 2.75) is 47.5 Å². The number of aromatic nitrogens is 1. The summed E-state index contributed by atoms with van der Waals surface area (Å²) in [6.45, 7) is 8.01. The molecule has 0 aliphatic carbocycles. The first-order valence-electron chi connectivity index (χ1n) is 11.8. The summed E-state index contributed by atoms with van der Waals surface area (Å²) >= 11 is 4.61. The fraction of sp³-hybridized carbons (Fsp3) is 0.346. The van der Waals surface area contributed by atoms with E-state index in [9.17, 15) is 9.59 Å². The number of piperazine rings is 1. The Balaban J connectivity index is 1.30. The number of nitrogens with zero attached hydrogens (tertiary/aromatic N) is 3. The molecule has 3 aromatic rings. The van der Waals surface area contributed by atoms with Gasteiger partial charge in [0.05, 0.1) is 23.1 Å². The molecule has 10 heteroatoms. The highest BCUT2D eigenvalue weighted by Crippen LogP contribution is 2.40. The predicted molar refractivity (Wildman–Crippen MR) is 145 cm³/mol. The van der Waals surface area contributed by atoms with Crippen LogP contribution in [0.5, 0.6) is 5.75 Å². The third-order valence-corrected chi connectivity index (χ3v) is 9.61. The molecule has 36 heavy (non-hydrogen) atoms. The predicted octanol–water partition coefficient (Wildman–Crippen LogP) is 5.29. The van der Waals surface area contributed by atoms with Crippen LogP contribution in [0.4, 0.5) is 5.13 Å². The number of carbonyl (C=O) groups is 2. The quantitative estimate of drug-likeness (QED) is 0.392. The number of anilines is 1. The lowest BCUT2D eigenvalue weighted by atomic mass is 10.1. The fourth-order valence-corrected chi connectivity index (χ4v) is 7.51. The van der Waals surface area contributed by atoms with Gasteiger partial charge in [-0.1, -0.05) is 29.7 Å². The summed E-state index contributed by atoms with van der Waals surface area (Å²) in [5, 5.41) is 7.18. The second-order valence-corrected chi connectivity index (χ2v) is 12.1. The molecule has 1 N–H and O–H groups in total. The first-order chi connectivity index (χ1) is 17.4. The van der Waals surface area contributed by atoms with Crippen LogP contribution < -0.4 is 10.1 Å². The Labute approximate surface area is 223 Å². The van der Waals surface area contributed by atoms with Crippen LogP contribution in [0.25, 0.3) is 0 Å². The number of ether oxygens (including phenoxy) is 1. The summed E-state index contributed by atoms with van der Waals surface area (Å²) in [7, 11) is 1.71. The maximum absolute atomic E-state index is 12.3. The number of fused-ring (bicyclic) bond motifs is 2. The summed E-state index contributed by atoms with van der Waals surface area (Å²) in [6.07, 6.45) is 5.42. The summed E-state index contributed by atoms with van der Waals surface area (Å²) in [4.78, 5) is 34.5. The van der Waals surface area contributed by atoms with E-state index in [4.69, 9.17) is 4.74 Å². The number of thiazole rings is 1. The SMILES string of the molecule is C=CC(=O)N1C[C@H]2CC[C@@H](C1)N2Cc1cc(Sc2cnc(NC(=O)c3ccsc3)s2)c(C)cc1OC. The van der Waals surface area contributed by atoms with Crippen molar-refractivity contribution < 1.29 is 14.3 Å². The minimum atomic E-state index is -0.144. The van der Waals surface area contributed by atoms with Crippen molar-refractivity contribution in [3.8, 4) is 5.75 Å². The number of benzene rings is 1. The maximum Gasteiger partial charge on any atom is 0.258 e. The van der Waals surface area contributed by atoms with Gasteiger partial charge in [-0.2, -0.15) is 11.3 Å². The highest BCUT2D eigenvalue weighted by Gasteiger charge is 2.41. The first-order valence-corrected chi connectivity index (χ1v) is 14.3. The van der Waals surface area contributed by atoms with Gasteiger partial charge in [-0.15, -0.1) is 0 Å². The van der Waals surface area contributed by atoms with Gasteiger partial charge in [-0.25, -0.2) is 4.98 Å². The maximum atomic E-state index is 12.3. The molecule has 2 aliphatic rings. The summed E-state index contributed by atoms with van der Waals surface area (Å²) in [6, 6.07) is 6.81. The largest absolute Gasteiger partial charge is 0.496 e. The number of hydrogen-bond acceptors (Lipinski definition) is 8. The van der Waals surface area contributed by atoms with Crippen molar-refractivity contribution in [3.63, 3.8) is 0 Å². The molecule has 0 spiro atoms. The van der Waals surface area contributed by atoms with Gasteiger partial charge >= 0.3 is 0 Å². The summed E-state index contributed by atoms with van der Waals surface area (Å²) in [5.41, 5.74) is 2.91. The number of rotatable bonds is 8. The van der Waals surface area contributed by atoms with Gasteiger partial charge in [0, 0.05) is 47.6 Å². The van der Waals surface area contributed by atoms with Crippen LogP contribution >= 0.6 is 34.4 Å². The molecule has 5 rings (SSSR count). The number of nitrogens with one attached hydrogen (secondary N) is 1. The molecule has 2 atom stereocenters. The third kappa shape index (κ3) is 5.22. The fourth-order valence-electron chi connectivity index (χ4n) is 4.92. The van der Waals surface area contributed by atoms with Crippen LogP contribution in [-0.4, -0.2) is 58.9 Å². The van der Waals surface area contributed by atoms with Gasteiger partial charge in [0.15, 0.2) is 5.13 Å². The van der Waals surface area contributed by atoms with Crippen molar-refractivity contribution >= 4 is 51.4 Å². The summed E-state index contributed by atoms with van der Waals surface area (Å²) in [5.74, 6) is 0.761. The van der Waals surface area contributed by atoms with E-state index in [0.717, 1.165) is 58.5 Å². The van der Waals surface area contributed by atoms with Crippen LogP contribution in [0.3, 0.4) is 0 Å². The second-order valence-electron chi connectivity index (χ2n) is 8.99. The molecule has 7 nitrogen and oxygen atoms in total. The van der Waals surface area contributed by atoms with E-state index in [-0.39, 0.29) is 11.8 Å². The zero-order chi connectivity index (χ0) is 25.2. The molecule has 188 valence electrons. The number of aryl methyl sites for hydroxylation is 1. The standard InChI is InChI=1S/C26H28N4O3S3/c1-4-23(31)29-13-19-5-6-20(14-29)30(19)12-18-10-22(16(2)9-21(18)33-3)35-24-11-27-26(36-24)28-25(32)17-7-8-34-15-17/h4,7-11,15,19-20H,1,5-6,12-14H2,2-3H3,(H,27,28,32)/t19-,20+. The lowest BCUT2D eigenvalue weighted by Crippen LogP contribution is -2.54. The zero-order valence-electron chi connectivity index (χ0n) is 20.2. The molecule has 2 bridgehead atoms. The Hall–Kier alpha value is -2.66. The van der Waals surface area contributed by atoms with Gasteiger partial charge in [-0.05, 0) is 55.0 Å². The van der Waals surface area contributed by atoms with E-state index in [1.165, 1.54) is 28.7 Å². The number of thiophene rings is 1. The Morgan fingerprint density at radius 2 is 2.08 bits per heavy atom. The smallest absolute Gasteiger partial charge is 0.258 e. The number of carbonyl (C=O) groups excluding carboxylic acids is 2. The van der Waals surface area contributed by atoms with Crippen molar-refractivity contribution in [2.24, 2.45) is 0 Å². The lowest BCUT2D eigenvalue weighted by molar-refractivity contribution is -0.129. The molecule has 1 aromatic carbocycles. The van der Waals surface area contributed by atoms with E-state index in [1.807, 2.05) is 15.7 Å². The minimum Gasteiger partial charge on any atom is -0.496 e. The topological polar surface area (TPSA) is 74.8 Å². The van der Waals surface area contributed by atoms with Crippen LogP contribution in [0.1, 0.15) is 34.3 Å². The summed E-state index contributed by atoms with van der Waals surface area (Å²) < 4.78 is 6.76. The number of hydrogen-bond donors (Lipinski definition) is 1. The average Bonchev–Trinajstić information content (AvgIpc) is 3.61. The first kappa shape index (κ1) is 25.0. The highest BCUT2D eigenvalue weighted by molar-refractivity contribution is 8.01. The number of likely N-dealkylation sites (tertiary alicyclic amines) is 1. The molecule has 4 heterocycles. The Morgan fingerprint density at radius 3 is 2.75 bits per heavy atom. The van der Waals surface area contributed by atoms with Crippen LogP contribution in [0.2, 0.25) is 0 Å². The minimum absolute atomic E-state index is 0.0218. The van der Waals surface area contributed by atoms with E-state index in [1.54, 1.807) is 31.1 Å². The average molecular weight is 541 g/mol. The molecular weight excluding hydrogens is 513 g/mol. The van der Waals surface area contributed by atoms with Crippen LogP contribution in [-0.2, 0) is 11.3 Å². The zero-order valence-corrected chi connectivity index (χ0v) is 22.7. The van der Waals surface area contributed by atoms with Gasteiger partial charge in [-0.3, -0.25) is 19.8 Å². The van der Waals surface area contributed by atoms with Gasteiger partial charge in [0.2, 0.25) is 5.91 Å². The van der Waals surface area contributed by atoms with E-state index < -0.39 is 0 Å². The highest BCUT2D eigenvalue weighted by atomic mass is 32.2. The second kappa shape index (κ2) is 10.8. The lowest BCUT2D eigenvalue weighted by Gasteiger charge is -2.41. The molecule has 2 amide bonds. The molecule has 0 unspecified atom stereocenters. The van der Waals surface area contributed by atoms with Crippen molar-refractivity contribution in [1.82, 2.24) is 14.8 Å². The molecule has 2 aromatic heterocycles. The van der Waals surface area contributed by atoms with Crippen LogP contribution in [0, 0.1) is 6.92 Å². The molecular formula is C26H28N4O3S3. The number of amides is 2. The Morgan fingerprint density at radius 1 is 1.31 bits per heavy atom. The van der Waals surface area contributed by atoms with Gasteiger partial charge < -0.3 is 9.64 Å². The normalized spacial score (nSPS) is 19.3. The van der Waals surface area contributed by atoms with Crippen LogP contribution in [0.15, 0.2) is 56.9 Å². The van der Waals surface area contributed by atoms with Crippen molar-refractivity contribution in [1.29, 1.82) is 0 Å². The molecule has 0 saturated carbocycles. The van der Waals surface area contributed by atoms with E-state index in [2.05, 4.69) is 40.8 Å². The Kier molecular flexibility index (Phi) is 7.47. The van der Waals surface area contributed by atoms with E-state index in [0.29, 0.717) is 22.8 Å². The third-order valence-electron chi connectivity index (χ3n) is 6.75. The van der Waals surface area contributed by atoms with Gasteiger partial charge in [0.25, 0.3) is 5.91 Å². The van der Waals surface area contributed by atoms with Crippen molar-refractivity contribution in [3.05, 3.63) is 64.5 Å². The van der Waals surface area contributed by atoms with Crippen molar-refractivity contribution in [2.75, 3.05) is 25.5 Å². The van der Waals surface area contributed by atoms with Gasteiger partial charge in [0.1, 0.15) is 5.75 Å². The number of methoxy groups -OCH3 is 1. The molecule has 0 radical (unpaired) electrons. The monoisotopic (exact) mass is 540 g/mol. The van der Waals surface area contributed by atoms with E-state index >= 15 is 0 Å².